The normalized spacial score (nSPS) is 23.2. The van der Waals surface area contributed by atoms with Gasteiger partial charge in [0.05, 0.1) is 19.3 Å². The van der Waals surface area contributed by atoms with Gasteiger partial charge in [-0.25, -0.2) is 4.79 Å². The fourth-order valence-corrected chi connectivity index (χ4v) is 5.12. The van der Waals surface area contributed by atoms with E-state index < -0.39 is 11.6 Å². The molecule has 3 rings (SSSR count). The average Bonchev–Trinajstić information content (AvgIpc) is 2.84. The zero-order valence-corrected chi connectivity index (χ0v) is 19.7. The van der Waals surface area contributed by atoms with Crippen LogP contribution in [0, 0.1) is 17.2 Å². The minimum Gasteiger partial charge on any atom is -0.378 e. The van der Waals surface area contributed by atoms with Crippen LogP contribution in [-0.4, -0.2) is 79.3 Å². The molecule has 8 heteroatoms. The van der Waals surface area contributed by atoms with Crippen molar-refractivity contribution in [3.63, 3.8) is 0 Å². The maximum absolute atomic E-state index is 13.4. The van der Waals surface area contributed by atoms with Crippen LogP contribution < -0.4 is 10.6 Å². The molecule has 3 aliphatic rings. The van der Waals surface area contributed by atoms with Gasteiger partial charge in [0.1, 0.15) is 11.6 Å². The number of unbranched alkanes of at least 4 members (excludes halogenated alkanes) is 1. The highest BCUT2D eigenvalue weighted by Gasteiger charge is 2.38. The Hall–Kier alpha value is -1.85. The van der Waals surface area contributed by atoms with E-state index in [9.17, 15) is 14.9 Å². The van der Waals surface area contributed by atoms with E-state index in [-0.39, 0.29) is 11.9 Å². The monoisotopic (exact) mass is 447 g/mol. The molecule has 0 aromatic carbocycles. The first-order valence-corrected chi connectivity index (χ1v) is 12.6. The third-order valence-electron chi connectivity index (χ3n) is 7.32. The number of carbonyl (C=O) groups excluding carboxylic acids is 2. The summed E-state index contributed by atoms with van der Waals surface area (Å²) in [5.41, 5.74) is -0.839. The molecule has 2 aliphatic heterocycles. The number of rotatable bonds is 8. The summed E-state index contributed by atoms with van der Waals surface area (Å²) in [7, 11) is 0. The maximum Gasteiger partial charge on any atom is 0.318 e. The lowest BCUT2D eigenvalue weighted by atomic mass is 9.84. The first-order valence-electron chi connectivity index (χ1n) is 12.6. The molecule has 2 heterocycles. The molecule has 3 fully saturated rings. The fourth-order valence-electron chi connectivity index (χ4n) is 5.12. The fraction of sp³-hybridized carbons (Fsp3) is 0.875. The molecular formula is C24H41N5O3. The van der Waals surface area contributed by atoms with E-state index in [1.54, 1.807) is 4.90 Å². The number of nitrogens with one attached hydrogen (secondary N) is 2. The van der Waals surface area contributed by atoms with Gasteiger partial charge in [-0.2, -0.15) is 5.26 Å². The lowest BCUT2D eigenvalue weighted by Gasteiger charge is -2.39. The molecule has 2 N–H and O–H groups in total. The first kappa shape index (κ1) is 24.8. The number of morpholine rings is 1. The van der Waals surface area contributed by atoms with E-state index in [0.29, 0.717) is 51.5 Å². The summed E-state index contributed by atoms with van der Waals surface area (Å²) < 4.78 is 5.34. The Balaban J connectivity index is 1.62. The molecule has 0 aromatic rings. The van der Waals surface area contributed by atoms with Crippen molar-refractivity contribution in [1.29, 1.82) is 5.26 Å². The van der Waals surface area contributed by atoms with Crippen molar-refractivity contribution in [2.45, 2.75) is 82.7 Å². The molecule has 1 aliphatic carbocycles. The lowest BCUT2D eigenvalue weighted by molar-refractivity contribution is -0.125. The summed E-state index contributed by atoms with van der Waals surface area (Å²) in [5.74, 6) is 0.235. The topological polar surface area (TPSA) is 97.7 Å². The van der Waals surface area contributed by atoms with Crippen LogP contribution in [0.4, 0.5) is 4.79 Å². The van der Waals surface area contributed by atoms with E-state index in [2.05, 4.69) is 28.5 Å². The molecule has 0 aromatic heterocycles. The van der Waals surface area contributed by atoms with Crippen molar-refractivity contribution in [3.05, 3.63) is 0 Å². The number of urea groups is 1. The number of amides is 3. The van der Waals surface area contributed by atoms with Crippen molar-refractivity contribution in [2.75, 3.05) is 45.9 Å². The molecule has 1 saturated carbocycles. The van der Waals surface area contributed by atoms with Gasteiger partial charge in [-0.1, -0.05) is 45.4 Å². The Kier molecular flexibility index (Phi) is 9.61. The predicted molar refractivity (Wildman–Crippen MR) is 123 cm³/mol. The van der Waals surface area contributed by atoms with Crippen molar-refractivity contribution in [3.8, 4) is 6.07 Å². The third kappa shape index (κ3) is 7.08. The average molecular weight is 448 g/mol. The van der Waals surface area contributed by atoms with Gasteiger partial charge in [-0.3, -0.25) is 4.79 Å². The highest BCUT2D eigenvalue weighted by molar-refractivity contribution is 5.87. The second-order valence-electron chi connectivity index (χ2n) is 9.72. The van der Waals surface area contributed by atoms with E-state index in [1.807, 2.05) is 0 Å². The number of ether oxygens (including phenoxy) is 1. The highest BCUT2D eigenvalue weighted by Crippen LogP contribution is 2.28. The maximum atomic E-state index is 13.4. The van der Waals surface area contributed by atoms with Crippen LogP contribution in [0.15, 0.2) is 0 Å². The van der Waals surface area contributed by atoms with Crippen LogP contribution in [0.3, 0.4) is 0 Å². The Morgan fingerprint density at radius 1 is 1.12 bits per heavy atom. The van der Waals surface area contributed by atoms with Gasteiger partial charge in [0.15, 0.2) is 0 Å². The second kappa shape index (κ2) is 12.4. The molecule has 180 valence electrons. The molecule has 0 bridgehead atoms. The summed E-state index contributed by atoms with van der Waals surface area (Å²) in [4.78, 5) is 30.3. The number of carbonyl (C=O) groups is 2. The first-order chi connectivity index (χ1) is 15.5. The van der Waals surface area contributed by atoms with Gasteiger partial charge in [-0.15, -0.1) is 0 Å². The summed E-state index contributed by atoms with van der Waals surface area (Å²) in [5, 5.41) is 16.0. The summed E-state index contributed by atoms with van der Waals surface area (Å²) >= 11 is 0. The van der Waals surface area contributed by atoms with Crippen LogP contribution in [-0.2, 0) is 9.53 Å². The van der Waals surface area contributed by atoms with Gasteiger partial charge >= 0.3 is 6.03 Å². The molecule has 0 spiro atoms. The number of likely N-dealkylation sites (tertiary alicyclic amines) is 1. The quantitative estimate of drug-likeness (QED) is 0.596. The molecule has 2 saturated heterocycles. The predicted octanol–water partition coefficient (Wildman–Crippen LogP) is 2.64. The number of hydrogen-bond acceptors (Lipinski definition) is 5. The Morgan fingerprint density at radius 3 is 2.44 bits per heavy atom. The summed E-state index contributed by atoms with van der Waals surface area (Å²) in [6.45, 7) is 7.01. The van der Waals surface area contributed by atoms with Gasteiger partial charge in [0.25, 0.3) is 0 Å². The largest absolute Gasteiger partial charge is 0.378 e. The van der Waals surface area contributed by atoms with E-state index in [4.69, 9.17) is 4.74 Å². The lowest BCUT2D eigenvalue weighted by Crippen LogP contribution is -2.60. The van der Waals surface area contributed by atoms with E-state index in [1.165, 1.54) is 19.3 Å². The van der Waals surface area contributed by atoms with Gasteiger partial charge < -0.3 is 25.2 Å². The molecule has 0 radical (unpaired) electrons. The van der Waals surface area contributed by atoms with Crippen LogP contribution in [0.5, 0.6) is 0 Å². The summed E-state index contributed by atoms with van der Waals surface area (Å²) in [6, 6.07) is 1.60. The van der Waals surface area contributed by atoms with Gasteiger partial charge in [-0.05, 0) is 38.1 Å². The Labute approximate surface area is 193 Å². The minimum atomic E-state index is -0.839. The van der Waals surface area contributed by atoms with Crippen LogP contribution in [0.2, 0.25) is 0 Å². The number of piperidine rings is 1. The van der Waals surface area contributed by atoms with Crippen molar-refractivity contribution >= 4 is 11.9 Å². The standard InChI is InChI=1S/C24H41N5O3/c1-2-3-11-28-12-9-24(19-25,10-13-28)27-22(30)21(18-20-7-5-4-6-8-20)26-23(31)29-14-16-32-17-15-29/h20-21H,2-18H2,1H3,(H,26,31)(H,27,30). The number of nitriles is 1. The molecule has 1 unspecified atom stereocenters. The SMILES string of the molecule is CCCCN1CCC(C#N)(NC(=O)C(CC2CCCCC2)NC(=O)N2CCOCC2)CC1. The van der Waals surface area contributed by atoms with E-state index in [0.717, 1.165) is 45.3 Å². The molecule has 3 amide bonds. The Bertz CT molecular complexity index is 645. The van der Waals surface area contributed by atoms with Crippen molar-refractivity contribution in [1.82, 2.24) is 20.4 Å². The number of nitrogens with zero attached hydrogens (tertiary/aromatic N) is 3. The van der Waals surface area contributed by atoms with Crippen molar-refractivity contribution in [2.24, 2.45) is 5.92 Å². The van der Waals surface area contributed by atoms with Gasteiger partial charge in [0.2, 0.25) is 5.91 Å². The molecule has 32 heavy (non-hydrogen) atoms. The molecule has 1 atom stereocenters. The summed E-state index contributed by atoms with van der Waals surface area (Å²) in [6.07, 6.45) is 10.0. The second-order valence-corrected chi connectivity index (χ2v) is 9.72. The Morgan fingerprint density at radius 2 is 1.81 bits per heavy atom. The number of hydrogen-bond donors (Lipinski definition) is 2. The van der Waals surface area contributed by atoms with E-state index >= 15 is 0 Å². The third-order valence-corrected chi connectivity index (χ3v) is 7.32. The zero-order valence-electron chi connectivity index (χ0n) is 19.7. The zero-order chi connectivity index (χ0) is 22.8. The van der Waals surface area contributed by atoms with Crippen LogP contribution in [0.1, 0.15) is 71.1 Å². The van der Waals surface area contributed by atoms with Crippen LogP contribution >= 0.6 is 0 Å². The highest BCUT2D eigenvalue weighted by atomic mass is 16.5. The van der Waals surface area contributed by atoms with Gasteiger partial charge in [0, 0.05) is 26.2 Å². The smallest absolute Gasteiger partial charge is 0.318 e. The molecule has 8 nitrogen and oxygen atoms in total. The van der Waals surface area contributed by atoms with Crippen LogP contribution in [0.25, 0.3) is 0 Å². The van der Waals surface area contributed by atoms with Crippen molar-refractivity contribution < 1.29 is 14.3 Å². The molecular weight excluding hydrogens is 406 g/mol. The minimum absolute atomic E-state index is 0.204.